The summed E-state index contributed by atoms with van der Waals surface area (Å²) in [5.74, 6) is 0. The minimum Gasteiger partial charge on any atom is -0.326 e. The van der Waals surface area contributed by atoms with Gasteiger partial charge in [-0.1, -0.05) is 30.3 Å². The summed E-state index contributed by atoms with van der Waals surface area (Å²) in [5, 5.41) is 0. The Bertz CT molecular complexity index is 322. The highest BCUT2D eigenvalue weighted by Crippen LogP contribution is 2.21. The van der Waals surface area contributed by atoms with Gasteiger partial charge >= 0.3 is 0 Å². The summed E-state index contributed by atoms with van der Waals surface area (Å²) < 4.78 is 0. The first kappa shape index (κ1) is 15.2. The average molecular weight is 249 g/mol. The van der Waals surface area contributed by atoms with Crippen LogP contribution >= 0.6 is 0 Å². The van der Waals surface area contributed by atoms with E-state index in [1.54, 1.807) is 0 Å². The zero-order chi connectivity index (χ0) is 13.5. The average Bonchev–Trinajstić information content (AvgIpc) is 2.29. The first-order valence-electron chi connectivity index (χ1n) is 6.68. The van der Waals surface area contributed by atoms with Gasteiger partial charge in [-0.25, -0.2) is 0 Å². The Morgan fingerprint density at radius 2 is 1.67 bits per heavy atom. The fraction of sp³-hybridized carbons (Fsp3) is 0.600. The smallest absolute Gasteiger partial charge is 0.0493 e. The lowest BCUT2D eigenvalue weighted by Crippen LogP contribution is -2.38. The molecule has 1 aromatic rings. The zero-order valence-corrected chi connectivity index (χ0v) is 12.1. The van der Waals surface area contributed by atoms with Crippen molar-refractivity contribution in [3.63, 3.8) is 0 Å². The lowest BCUT2D eigenvalue weighted by Gasteiger charge is -2.31. The van der Waals surface area contributed by atoms with Gasteiger partial charge in [0, 0.05) is 12.1 Å². The van der Waals surface area contributed by atoms with Crippen LogP contribution in [0.5, 0.6) is 0 Å². The fourth-order valence-electron chi connectivity index (χ4n) is 2.39. The van der Waals surface area contributed by atoms with Gasteiger partial charge in [-0.3, -0.25) is 4.90 Å². The van der Waals surface area contributed by atoms with Crippen LogP contribution in [0.1, 0.15) is 24.9 Å². The molecule has 2 atom stereocenters. The van der Waals surface area contributed by atoms with Crippen LogP contribution in [0.15, 0.2) is 30.3 Å². The van der Waals surface area contributed by atoms with Gasteiger partial charge in [-0.2, -0.15) is 0 Å². The Balaban J connectivity index is 2.62. The normalized spacial score (nSPS) is 15.1. The van der Waals surface area contributed by atoms with E-state index in [9.17, 15) is 0 Å². The molecule has 1 rings (SSSR count). The maximum atomic E-state index is 6.15. The van der Waals surface area contributed by atoms with Crippen LogP contribution in [0.2, 0.25) is 0 Å². The van der Waals surface area contributed by atoms with E-state index < -0.39 is 0 Å². The third-order valence-electron chi connectivity index (χ3n) is 3.23. The van der Waals surface area contributed by atoms with Crippen molar-refractivity contribution >= 4 is 0 Å². The van der Waals surface area contributed by atoms with Gasteiger partial charge in [0.2, 0.25) is 0 Å². The zero-order valence-electron chi connectivity index (χ0n) is 12.1. The van der Waals surface area contributed by atoms with Gasteiger partial charge in [0.15, 0.2) is 0 Å². The van der Waals surface area contributed by atoms with Gasteiger partial charge < -0.3 is 10.6 Å². The van der Waals surface area contributed by atoms with Crippen molar-refractivity contribution in [1.82, 2.24) is 9.80 Å². The second-order valence-corrected chi connectivity index (χ2v) is 5.35. The summed E-state index contributed by atoms with van der Waals surface area (Å²) in [6.45, 7) is 4.27. The molecule has 0 saturated carbocycles. The lowest BCUT2D eigenvalue weighted by atomic mass is 9.99. The standard InChI is InChI=1S/C15H27N3/c1-13(16)15(14-9-6-5-7-10-14)18(4)12-8-11-17(2)3/h5-7,9-10,13,15H,8,11-12,16H2,1-4H3. The summed E-state index contributed by atoms with van der Waals surface area (Å²) in [4.78, 5) is 4.58. The molecule has 1 aromatic carbocycles. The largest absolute Gasteiger partial charge is 0.326 e. The summed E-state index contributed by atoms with van der Waals surface area (Å²) in [7, 11) is 6.39. The molecule has 2 N–H and O–H groups in total. The topological polar surface area (TPSA) is 32.5 Å². The molecular formula is C15H27N3. The molecule has 0 aliphatic rings. The molecule has 0 spiro atoms. The van der Waals surface area contributed by atoms with Crippen LogP contribution in [0.4, 0.5) is 0 Å². The van der Waals surface area contributed by atoms with E-state index in [1.807, 2.05) is 6.07 Å². The van der Waals surface area contributed by atoms with Crippen LogP contribution in [0.3, 0.4) is 0 Å². The summed E-state index contributed by atoms with van der Waals surface area (Å²) in [6, 6.07) is 11.0. The highest BCUT2D eigenvalue weighted by atomic mass is 15.1. The van der Waals surface area contributed by atoms with Gasteiger partial charge in [0.1, 0.15) is 0 Å². The van der Waals surface area contributed by atoms with Crippen LogP contribution in [-0.4, -0.2) is 50.1 Å². The van der Waals surface area contributed by atoms with Crippen LogP contribution in [0.25, 0.3) is 0 Å². The SMILES string of the molecule is CC(N)C(c1ccccc1)N(C)CCCN(C)C. The molecule has 0 aliphatic carbocycles. The van der Waals surface area contributed by atoms with Crippen LogP contribution < -0.4 is 5.73 Å². The van der Waals surface area contributed by atoms with Crippen molar-refractivity contribution < 1.29 is 0 Å². The number of hydrogen-bond donors (Lipinski definition) is 1. The van der Waals surface area contributed by atoms with Gasteiger partial charge in [-0.05, 0) is 53.1 Å². The summed E-state index contributed by atoms with van der Waals surface area (Å²) in [5.41, 5.74) is 7.45. The predicted octanol–water partition coefficient (Wildman–Crippen LogP) is 1.96. The van der Waals surface area contributed by atoms with Crippen molar-refractivity contribution in [1.29, 1.82) is 0 Å². The Kier molecular flexibility index (Phi) is 6.33. The number of likely N-dealkylation sites (N-methyl/N-ethyl adjacent to an activating group) is 1. The van der Waals surface area contributed by atoms with Gasteiger partial charge in [0.25, 0.3) is 0 Å². The van der Waals surface area contributed by atoms with Crippen molar-refractivity contribution in [3.05, 3.63) is 35.9 Å². The van der Waals surface area contributed by atoms with Gasteiger partial charge in [-0.15, -0.1) is 0 Å². The second kappa shape index (κ2) is 7.52. The molecule has 0 bridgehead atoms. The Morgan fingerprint density at radius 1 is 1.06 bits per heavy atom. The fourth-order valence-corrected chi connectivity index (χ4v) is 2.39. The molecule has 3 nitrogen and oxygen atoms in total. The lowest BCUT2D eigenvalue weighted by molar-refractivity contribution is 0.208. The Hall–Kier alpha value is -0.900. The van der Waals surface area contributed by atoms with Crippen LogP contribution in [-0.2, 0) is 0 Å². The molecule has 18 heavy (non-hydrogen) atoms. The molecule has 0 radical (unpaired) electrons. The molecule has 0 fully saturated rings. The van der Waals surface area contributed by atoms with Crippen molar-refractivity contribution in [2.45, 2.75) is 25.4 Å². The van der Waals surface area contributed by atoms with Crippen molar-refractivity contribution in [2.24, 2.45) is 5.73 Å². The minimum absolute atomic E-state index is 0.136. The van der Waals surface area contributed by atoms with Crippen molar-refractivity contribution in [2.75, 3.05) is 34.2 Å². The maximum Gasteiger partial charge on any atom is 0.0493 e. The number of benzene rings is 1. The summed E-state index contributed by atoms with van der Waals surface area (Å²) >= 11 is 0. The van der Waals surface area contributed by atoms with E-state index in [2.05, 4.69) is 62.1 Å². The molecule has 0 aliphatic heterocycles. The molecule has 0 aromatic heterocycles. The van der Waals surface area contributed by atoms with E-state index in [4.69, 9.17) is 5.73 Å². The van der Waals surface area contributed by atoms with Crippen molar-refractivity contribution in [3.8, 4) is 0 Å². The first-order chi connectivity index (χ1) is 8.52. The first-order valence-corrected chi connectivity index (χ1v) is 6.68. The molecule has 0 heterocycles. The second-order valence-electron chi connectivity index (χ2n) is 5.35. The van der Waals surface area contributed by atoms with E-state index in [1.165, 1.54) is 12.0 Å². The number of rotatable bonds is 7. The quantitative estimate of drug-likeness (QED) is 0.802. The number of hydrogen-bond acceptors (Lipinski definition) is 3. The molecule has 2 unspecified atom stereocenters. The van der Waals surface area contributed by atoms with E-state index in [0.29, 0.717) is 6.04 Å². The third-order valence-corrected chi connectivity index (χ3v) is 3.23. The molecule has 102 valence electrons. The predicted molar refractivity (Wildman–Crippen MR) is 78.6 cm³/mol. The number of nitrogens with two attached hydrogens (primary N) is 1. The molecule has 0 saturated heterocycles. The van der Waals surface area contributed by atoms with E-state index in [0.717, 1.165) is 13.1 Å². The highest BCUT2D eigenvalue weighted by Gasteiger charge is 2.20. The monoisotopic (exact) mass is 249 g/mol. The van der Waals surface area contributed by atoms with E-state index in [-0.39, 0.29) is 6.04 Å². The molecule has 0 amide bonds. The summed E-state index contributed by atoms with van der Waals surface area (Å²) in [6.07, 6.45) is 1.17. The van der Waals surface area contributed by atoms with Gasteiger partial charge in [0.05, 0.1) is 0 Å². The highest BCUT2D eigenvalue weighted by molar-refractivity contribution is 5.20. The number of nitrogens with zero attached hydrogens (tertiary/aromatic N) is 2. The minimum atomic E-state index is 0.136. The van der Waals surface area contributed by atoms with E-state index >= 15 is 0 Å². The molecular weight excluding hydrogens is 222 g/mol. The van der Waals surface area contributed by atoms with Crippen LogP contribution in [0, 0.1) is 0 Å². The maximum absolute atomic E-state index is 6.15. The Morgan fingerprint density at radius 3 is 2.17 bits per heavy atom. The molecule has 3 heteroatoms. The third kappa shape index (κ3) is 4.77. The Labute approximate surface area is 112 Å².